The molecule has 1 aliphatic carbocycles. The highest BCUT2D eigenvalue weighted by atomic mass is 19.1. The fourth-order valence-corrected chi connectivity index (χ4v) is 2.65. The average molecular weight is 350 g/mol. The van der Waals surface area contributed by atoms with Crippen LogP contribution in [0.4, 0.5) is 4.39 Å². The van der Waals surface area contributed by atoms with Crippen LogP contribution in [0.25, 0.3) is 0 Å². The lowest BCUT2D eigenvalue weighted by Gasteiger charge is -2.22. The van der Waals surface area contributed by atoms with Gasteiger partial charge in [-0.05, 0) is 24.0 Å². The fourth-order valence-electron chi connectivity index (χ4n) is 2.65. The number of nitrogens with one attached hydrogen (secondary N) is 2. The summed E-state index contributed by atoms with van der Waals surface area (Å²) in [7, 11) is 1.26. The summed E-state index contributed by atoms with van der Waals surface area (Å²) >= 11 is 0. The van der Waals surface area contributed by atoms with Gasteiger partial charge >= 0.3 is 5.97 Å². The zero-order valence-corrected chi connectivity index (χ0v) is 14.4. The van der Waals surface area contributed by atoms with Gasteiger partial charge in [0.1, 0.15) is 17.9 Å². The van der Waals surface area contributed by atoms with Crippen LogP contribution in [0.15, 0.2) is 24.3 Å². The molecule has 0 radical (unpaired) electrons. The molecule has 1 saturated carbocycles. The van der Waals surface area contributed by atoms with Crippen molar-refractivity contribution in [3.63, 3.8) is 0 Å². The molecule has 1 fully saturated rings. The summed E-state index contributed by atoms with van der Waals surface area (Å²) in [5.41, 5.74) is 0.313. The Hall–Kier alpha value is -2.44. The predicted molar refractivity (Wildman–Crippen MR) is 89.0 cm³/mol. The third kappa shape index (κ3) is 5.85. The minimum Gasteiger partial charge on any atom is -0.467 e. The first-order chi connectivity index (χ1) is 11.9. The number of halogens is 1. The molecule has 6 nitrogen and oxygen atoms in total. The monoisotopic (exact) mass is 350 g/mol. The third-order valence-electron chi connectivity index (χ3n) is 4.14. The first-order valence-corrected chi connectivity index (χ1v) is 8.29. The second-order valence-electron chi connectivity index (χ2n) is 6.31. The molecule has 7 heteroatoms. The summed E-state index contributed by atoms with van der Waals surface area (Å²) < 4.78 is 18.6. The summed E-state index contributed by atoms with van der Waals surface area (Å²) in [5, 5.41) is 5.15. The van der Waals surface area contributed by atoms with Crippen LogP contribution >= 0.6 is 0 Å². The van der Waals surface area contributed by atoms with Gasteiger partial charge in [0.15, 0.2) is 0 Å². The van der Waals surface area contributed by atoms with Crippen molar-refractivity contribution in [1.82, 2.24) is 10.6 Å². The van der Waals surface area contributed by atoms with Gasteiger partial charge in [0, 0.05) is 13.3 Å². The Morgan fingerprint density at radius 3 is 2.44 bits per heavy atom. The van der Waals surface area contributed by atoms with Crippen LogP contribution in [0.2, 0.25) is 0 Å². The summed E-state index contributed by atoms with van der Waals surface area (Å²) in [6.45, 7) is 1.28. The lowest BCUT2D eigenvalue weighted by Crippen LogP contribution is -2.52. The maximum atomic E-state index is 13.9. The van der Waals surface area contributed by atoms with Gasteiger partial charge in [-0.15, -0.1) is 0 Å². The van der Waals surface area contributed by atoms with E-state index < -0.39 is 35.7 Å². The third-order valence-corrected chi connectivity index (χ3v) is 4.14. The highest BCUT2D eigenvalue weighted by Crippen LogP contribution is 2.33. The van der Waals surface area contributed by atoms with Crippen LogP contribution in [-0.4, -0.2) is 37.0 Å². The molecule has 0 saturated heterocycles. The van der Waals surface area contributed by atoms with Gasteiger partial charge in [0.2, 0.25) is 11.8 Å². The Morgan fingerprint density at radius 2 is 1.88 bits per heavy atom. The molecular formula is C18H23FN2O4. The maximum absolute atomic E-state index is 13.9. The molecule has 1 aliphatic rings. The van der Waals surface area contributed by atoms with Crippen LogP contribution in [0.5, 0.6) is 0 Å². The first-order valence-electron chi connectivity index (χ1n) is 8.29. The number of rotatable bonds is 8. The van der Waals surface area contributed by atoms with Gasteiger partial charge in [0.05, 0.1) is 7.11 Å². The van der Waals surface area contributed by atoms with E-state index >= 15 is 0 Å². The van der Waals surface area contributed by atoms with Gasteiger partial charge in [-0.2, -0.15) is 0 Å². The van der Waals surface area contributed by atoms with Crippen LogP contribution in [0, 0.1) is 11.7 Å². The zero-order chi connectivity index (χ0) is 18.4. The molecule has 2 rings (SSSR count). The highest BCUT2D eigenvalue weighted by molar-refractivity contribution is 5.90. The van der Waals surface area contributed by atoms with Crippen molar-refractivity contribution in [2.75, 3.05) is 7.11 Å². The fraction of sp³-hybridized carbons (Fsp3) is 0.500. The molecule has 1 aromatic rings. The molecule has 0 aromatic heterocycles. The topological polar surface area (TPSA) is 84.5 Å². The second kappa shape index (κ2) is 8.60. The van der Waals surface area contributed by atoms with E-state index in [4.69, 9.17) is 4.74 Å². The van der Waals surface area contributed by atoms with Crippen molar-refractivity contribution >= 4 is 17.8 Å². The summed E-state index contributed by atoms with van der Waals surface area (Å²) in [5.74, 6) is -1.51. The summed E-state index contributed by atoms with van der Waals surface area (Å²) in [4.78, 5) is 35.9. The van der Waals surface area contributed by atoms with E-state index in [1.807, 2.05) is 0 Å². The van der Waals surface area contributed by atoms with E-state index in [2.05, 4.69) is 10.6 Å². The Kier molecular flexibility index (Phi) is 6.50. The van der Waals surface area contributed by atoms with Gasteiger partial charge in [0.25, 0.3) is 0 Å². The van der Waals surface area contributed by atoms with Gasteiger partial charge in [-0.1, -0.05) is 31.0 Å². The smallest absolute Gasteiger partial charge is 0.328 e. The van der Waals surface area contributed by atoms with E-state index in [1.165, 1.54) is 20.1 Å². The van der Waals surface area contributed by atoms with Crippen molar-refractivity contribution in [1.29, 1.82) is 0 Å². The van der Waals surface area contributed by atoms with E-state index in [9.17, 15) is 18.8 Å². The summed E-state index contributed by atoms with van der Waals surface area (Å²) in [6.07, 6.45) is 2.54. The molecule has 1 aromatic carbocycles. The normalized spacial score (nSPS) is 15.8. The van der Waals surface area contributed by atoms with Crippen molar-refractivity contribution in [2.24, 2.45) is 5.92 Å². The lowest BCUT2D eigenvalue weighted by molar-refractivity contribution is -0.145. The lowest BCUT2D eigenvalue weighted by atomic mass is 10.0. The van der Waals surface area contributed by atoms with Gasteiger partial charge < -0.3 is 15.4 Å². The number of hydrogen-bond acceptors (Lipinski definition) is 4. The molecule has 0 heterocycles. The number of carbonyl (C=O) groups is 3. The first kappa shape index (κ1) is 18.9. The molecule has 0 bridgehead atoms. The van der Waals surface area contributed by atoms with Crippen molar-refractivity contribution < 1.29 is 23.5 Å². The van der Waals surface area contributed by atoms with Crippen molar-refractivity contribution in [3.05, 3.63) is 35.6 Å². The average Bonchev–Trinajstić information content (AvgIpc) is 3.38. The van der Waals surface area contributed by atoms with Crippen LogP contribution in [0.3, 0.4) is 0 Å². The Labute approximate surface area is 146 Å². The van der Waals surface area contributed by atoms with Gasteiger partial charge in [-0.25, -0.2) is 9.18 Å². The van der Waals surface area contributed by atoms with Crippen LogP contribution in [-0.2, 0) is 25.5 Å². The second-order valence-corrected chi connectivity index (χ2v) is 6.31. The molecular weight excluding hydrogens is 327 g/mol. The molecule has 2 atom stereocenters. The number of amides is 2. The van der Waals surface area contributed by atoms with Crippen molar-refractivity contribution in [3.8, 4) is 0 Å². The largest absolute Gasteiger partial charge is 0.467 e. The number of carbonyl (C=O) groups excluding carboxylic acids is 3. The van der Waals surface area contributed by atoms with E-state index in [0.717, 1.165) is 12.8 Å². The predicted octanol–water partition coefficient (Wildman–Crippen LogP) is 1.33. The summed E-state index contributed by atoms with van der Waals surface area (Å²) in [6, 6.07) is 4.32. The quantitative estimate of drug-likeness (QED) is 0.693. The molecule has 0 unspecified atom stereocenters. The number of ether oxygens (including phenoxy) is 1. The SMILES string of the molecule is COC(=O)[C@@H](CC1CC1)NC(=O)[C@@H](Cc1ccccc1F)NC(C)=O. The maximum Gasteiger partial charge on any atom is 0.328 e. The molecule has 136 valence electrons. The standard InChI is InChI=1S/C18H23FN2O4/c1-11(22)20-15(10-13-5-3-4-6-14(13)19)17(23)21-16(18(24)25-2)9-12-7-8-12/h3-6,12,15-16H,7-10H2,1-2H3,(H,20,22)(H,21,23)/t15-,16-/m1/s1. The van der Waals surface area contributed by atoms with E-state index in [0.29, 0.717) is 17.9 Å². The van der Waals surface area contributed by atoms with Crippen LogP contribution in [0.1, 0.15) is 31.7 Å². The Morgan fingerprint density at radius 1 is 1.20 bits per heavy atom. The molecule has 2 amide bonds. The molecule has 2 N–H and O–H groups in total. The van der Waals surface area contributed by atoms with Gasteiger partial charge in [-0.3, -0.25) is 9.59 Å². The Bertz CT molecular complexity index is 646. The highest BCUT2D eigenvalue weighted by Gasteiger charge is 2.33. The number of esters is 1. The van der Waals surface area contributed by atoms with E-state index in [-0.39, 0.29) is 6.42 Å². The molecule has 25 heavy (non-hydrogen) atoms. The van der Waals surface area contributed by atoms with Crippen LogP contribution < -0.4 is 10.6 Å². The minimum absolute atomic E-state index is 0.00456. The number of benzene rings is 1. The minimum atomic E-state index is -0.972. The zero-order valence-electron chi connectivity index (χ0n) is 14.4. The van der Waals surface area contributed by atoms with Crippen molar-refractivity contribution in [2.45, 2.75) is 44.7 Å². The number of methoxy groups -OCH3 is 1. The molecule has 0 spiro atoms. The van der Waals surface area contributed by atoms with E-state index in [1.54, 1.807) is 18.2 Å². The Balaban J connectivity index is 2.09. The number of hydrogen-bond donors (Lipinski definition) is 2. The molecule has 0 aliphatic heterocycles.